The lowest BCUT2D eigenvalue weighted by atomic mass is 9.50. The third-order valence-electron chi connectivity index (χ3n) is 9.20. The zero-order valence-corrected chi connectivity index (χ0v) is 19.3. The summed E-state index contributed by atoms with van der Waals surface area (Å²) in [6.07, 6.45) is 10.1. The number of likely N-dealkylation sites (tertiary alicyclic amines) is 1. The number of hydrogen-bond acceptors (Lipinski definition) is 1. The van der Waals surface area contributed by atoms with E-state index in [-0.39, 0.29) is 0 Å². The molecule has 0 aromatic heterocycles. The molecule has 3 saturated carbocycles. The maximum Gasteiger partial charge on any atom is 0.0823 e. The highest BCUT2D eigenvalue weighted by molar-refractivity contribution is 5.03. The minimum absolute atomic E-state index is 0.995. The minimum Gasteiger partial charge on any atom is -0.323 e. The minimum atomic E-state index is 0.995. The molecule has 1 heterocycles. The molecule has 27 heavy (non-hydrogen) atoms. The van der Waals surface area contributed by atoms with Crippen LogP contribution in [0.3, 0.4) is 0 Å². The van der Waals surface area contributed by atoms with E-state index >= 15 is 0 Å². The van der Waals surface area contributed by atoms with Crippen LogP contribution < -0.4 is 0 Å². The van der Waals surface area contributed by atoms with Crippen molar-refractivity contribution >= 4 is 0 Å². The van der Waals surface area contributed by atoms with Gasteiger partial charge < -0.3 is 9.38 Å². The number of quaternary nitrogens is 1. The third-order valence-corrected chi connectivity index (χ3v) is 9.20. The van der Waals surface area contributed by atoms with Gasteiger partial charge in [0.25, 0.3) is 0 Å². The van der Waals surface area contributed by atoms with Crippen LogP contribution in [0.4, 0.5) is 0 Å². The molecule has 2 bridgehead atoms. The van der Waals surface area contributed by atoms with E-state index in [0.717, 1.165) is 35.5 Å². The first-order chi connectivity index (χ1) is 13.1. The fourth-order valence-corrected chi connectivity index (χ4v) is 7.68. The summed E-state index contributed by atoms with van der Waals surface area (Å²) in [6.45, 7) is 22.0. The molecule has 0 N–H and O–H groups in total. The van der Waals surface area contributed by atoms with Crippen LogP contribution in [0.25, 0.3) is 0 Å². The zero-order chi connectivity index (χ0) is 19.4. The molecule has 0 aromatic carbocycles. The molecule has 4 fully saturated rings. The second kappa shape index (κ2) is 9.61. The van der Waals surface area contributed by atoms with E-state index in [1.54, 1.807) is 12.8 Å². The average molecular weight is 378 g/mol. The zero-order valence-electron chi connectivity index (χ0n) is 19.3. The van der Waals surface area contributed by atoms with Gasteiger partial charge in [-0.25, -0.2) is 0 Å². The van der Waals surface area contributed by atoms with E-state index in [9.17, 15) is 0 Å². The van der Waals surface area contributed by atoms with Crippen LogP contribution in [0.5, 0.6) is 0 Å². The first-order valence-electron chi connectivity index (χ1n) is 12.7. The SMILES string of the molecule is CCCCN(CC)CC1C(CC)C2CCC1C1C[N+](CC)(CCCC)CC21. The highest BCUT2D eigenvalue weighted by Gasteiger charge is 2.60. The third kappa shape index (κ3) is 4.27. The van der Waals surface area contributed by atoms with Gasteiger partial charge in [0.2, 0.25) is 0 Å². The molecule has 7 atom stereocenters. The van der Waals surface area contributed by atoms with Crippen LogP contribution in [0.2, 0.25) is 0 Å². The van der Waals surface area contributed by atoms with Crippen LogP contribution in [0, 0.1) is 35.5 Å². The van der Waals surface area contributed by atoms with E-state index < -0.39 is 0 Å². The molecule has 2 heteroatoms. The standard InChI is InChI=1S/C25H49N2/c1-6-11-15-26(9-4)17-23-20(8-3)21-13-14-22(23)25-19-27(10-5,16-12-7-2)18-24(21)25/h20-25H,6-19H2,1-5H3/q+1. The van der Waals surface area contributed by atoms with Crippen LogP contribution in [0.15, 0.2) is 0 Å². The summed E-state index contributed by atoms with van der Waals surface area (Å²) < 4.78 is 1.46. The van der Waals surface area contributed by atoms with Gasteiger partial charge in [0, 0.05) is 18.4 Å². The molecule has 0 amide bonds. The Hall–Kier alpha value is -0.0800. The lowest BCUT2D eigenvalue weighted by Crippen LogP contribution is -2.53. The van der Waals surface area contributed by atoms with Gasteiger partial charge in [0.05, 0.1) is 26.2 Å². The Morgan fingerprint density at radius 2 is 1.41 bits per heavy atom. The van der Waals surface area contributed by atoms with E-state index in [1.165, 1.54) is 82.4 Å². The molecule has 2 nitrogen and oxygen atoms in total. The molecule has 0 spiro atoms. The molecular formula is C25H49N2+. The normalized spacial score (nSPS) is 40.7. The Morgan fingerprint density at radius 3 is 1.93 bits per heavy atom. The number of rotatable bonds is 11. The molecule has 4 rings (SSSR count). The van der Waals surface area contributed by atoms with Crippen LogP contribution >= 0.6 is 0 Å². The van der Waals surface area contributed by atoms with Crippen molar-refractivity contribution in [2.75, 3.05) is 45.8 Å². The Balaban J connectivity index is 1.75. The van der Waals surface area contributed by atoms with Gasteiger partial charge in [-0.05, 0) is 69.4 Å². The Labute approximate surface area is 170 Å². The molecule has 7 unspecified atom stereocenters. The van der Waals surface area contributed by atoms with E-state index in [0.29, 0.717) is 0 Å². The predicted octanol–water partition coefficient (Wildman–Crippen LogP) is 5.67. The lowest BCUT2D eigenvalue weighted by Gasteiger charge is -2.54. The highest BCUT2D eigenvalue weighted by Crippen LogP contribution is 2.59. The van der Waals surface area contributed by atoms with Crippen molar-refractivity contribution in [1.29, 1.82) is 0 Å². The van der Waals surface area contributed by atoms with E-state index in [1.807, 2.05) is 0 Å². The molecule has 0 radical (unpaired) electrons. The van der Waals surface area contributed by atoms with Gasteiger partial charge in [-0.15, -0.1) is 0 Å². The summed E-state index contributed by atoms with van der Waals surface area (Å²) >= 11 is 0. The predicted molar refractivity (Wildman–Crippen MR) is 118 cm³/mol. The summed E-state index contributed by atoms with van der Waals surface area (Å²) in [5, 5.41) is 0. The van der Waals surface area contributed by atoms with Crippen molar-refractivity contribution in [3.8, 4) is 0 Å². The van der Waals surface area contributed by atoms with Crippen molar-refractivity contribution in [3.63, 3.8) is 0 Å². The van der Waals surface area contributed by atoms with Gasteiger partial charge in [-0.3, -0.25) is 0 Å². The molecule has 1 aliphatic heterocycles. The maximum atomic E-state index is 2.81. The number of nitrogens with zero attached hydrogens (tertiary/aromatic N) is 2. The first kappa shape index (κ1) is 21.6. The van der Waals surface area contributed by atoms with Gasteiger partial charge >= 0.3 is 0 Å². The summed E-state index contributed by atoms with van der Waals surface area (Å²) in [4.78, 5) is 2.81. The number of unbranched alkanes of at least 4 members (excludes halogenated alkanes) is 2. The number of fused-ring (bicyclic) bond motifs is 2. The fourth-order valence-electron chi connectivity index (χ4n) is 7.68. The van der Waals surface area contributed by atoms with E-state index in [2.05, 4.69) is 39.5 Å². The molecule has 158 valence electrons. The molecule has 4 aliphatic rings. The van der Waals surface area contributed by atoms with Crippen LogP contribution in [-0.4, -0.2) is 55.2 Å². The Kier molecular flexibility index (Phi) is 7.70. The van der Waals surface area contributed by atoms with Gasteiger partial charge in [-0.1, -0.05) is 47.0 Å². The Bertz CT molecular complexity index is 450. The Morgan fingerprint density at radius 1 is 0.778 bits per heavy atom. The summed E-state index contributed by atoms with van der Waals surface area (Å²) in [5.41, 5.74) is 0. The quantitative estimate of drug-likeness (QED) is 0.419. The largest absolute Gasteiger partial charge is 0.323 e. The average Bonchev–Trinajstić information content (AvgIpc) is 3.11. The summed E-state index contributed by atoms with van der Waals surface area (Å²) in [7, 11) is 0. The maximum absolute atomic E-state index is 2.81. The molecule has 0 aromatic rings. The van der Waals surface area contributed by atoms with Gasteiger partial charge in [0.1, 0.15) is 0 Å². The van der Waals surface area contributed by atoms with Crippen LogP contribution in [0.1, 0.15) is 79.6 Å². The highest BCUT2D eigenvalue weighted by atomic mass is 15.4. The summed E-state index contributed by atoms with van der Waals surface area (Å²) in [5.74, 6) is 6.21. The van der Waals surface area contributed by atoms with Crippen molar-refractivity contribution < 1.29 is 4.48 Å². The van der Waals surface area contributed by atoms with E-state index in [4.69, 9.17) is 0 Å². The molecule has 3 aliphatic carbocycles. The second-order valence-electron chi connectivity index (χ2n) is 10.3. The smallest absolute Gasteiger partial charge is 0.0823 e. The summed E-state index contributed by atoms with van der Waals surface area (Å²) in [6, 6.07) is 0. The topological polar surface area (TPSA) is 3.24 Å². The van der Waals surface area contributed by atoms with Gasteiger partial charge in [0.15, 0.2) is 0 Å². The fraction of sp³-hybridized carbons (Fsp3) is 1.00. The van der Waals surface area contributed by atoms with Crippen molar-refractivity contribution in [1.82, 2.24) is 4.90 Å². The van der Waals surface area contributed by atoms with Crippen LogP contribution in [-0.2, 0) is 0 Å². The van der Waals surface area contributed by atoms with Crippen molar-refractivity contribution in [2.24, 2.45) is 35.5 Å². The monoisotopic (exact) mass is 377 g/mol. The lowest BCUT2D eigenvalue weighted by molar-refractivity contribution is -0.918. The molecule has 1 saturated heterocycles. The van der Waals surface area contributed by atoms with Crippen molar-refractivity contribution in [2.45, 2.75) is 79.6 Å². The molecular weight excluding hydrogens is 328 g/mol. The number of hydrogen-bond donors (Lipinski definition) is 0. The van der Waals surface area contributed by atoms with Crippen molar-refractivity contribution in [3.05, 3.63) is 0 Å². The first-order valence-corrected chi connectivity index (χ1v) is 12.7. The second-order valence-corrected chi connectivity index (χ2v) is 10.3. The van der Waals surface area contributed by atoms with Gasteiger partial charge in [-0.2, -0.15) is 0 Å².